The maximum atomic E-state index is 13.1. The molecule has 0 radical (unpaired) electrons. The molecule has 0 aromatic heterocycles. The van der Waals surface area contributed by atoms with Gasteiger partial charge in [0.1, 0.15) is 11.9 Å². The molecule has 1 fully saturated rings. The summed E-state index contributed by atoms with van der Waals surface area (Å²) in [5.41, 5.74) is 2.72. The average Bonchev–Trinajstić information content (AvgIpc) is 3.67. The van der Waals surface area contributed by atoms with E-state index in [0.29, 0.717) is 30.5 Å². The maximum absolute atomic E-state index is 13.1. The molecule has 0 spiro atoms. The highest BCUT2D eigenvalue weighted by Gasteiger charge is 2.37. The number of benzene rings is 3. The molecule has 0 aliphatic heterocycles. The number of halogens is 1. The molecule has 1 aliphatic carbocycles. The molecular weight excluding hydrogens is 441 g/mol. The lowest BCUT2D eigenvalue weighted by Crippen LogP contribution is -2.46. The van der Waals surface area contributed by atoms with Crippen molar-refractivity contribution in [3.8, 4) is 0 Å². The fraction of sp³-hybridized carbons (Fsp3) is 0.310. The van der Waals surface area contributed by atoms with E-state index in [1.807, 2.05) is 60.7 Å². The Kier molecular flexibility index (Phi) is 8.63. The first-order chi connectivity index (χ1) is 17.1. The van der Waals surface area contributed by atoms with Crippen molar-refractivity contribution in [2.45, 2.75) is 50.2 Å². The number of hydrogen-bond donors (Lipinski definition) is 3. The zero-order valence-electron chi connectivity index (χ0n) is 19.8. The highest BCUT2D eigenvalue weighted by Crippen LogP contribution is 2.40. The zero-order valence-corrected chi connectivity index (χ0v) is 19.8. The fourth-order valence-corrected chi connectivity index (χ4v) is 4.27. The molecule has 3 aromatic carbocycles. The molecule has 0 heterocycles. The molecule has 2 amide bonds. The summed E-state index contributed by atoms with van der Waals surface area (Å²) < 4.78 is 13.1. The van der Waals surface area contributed by atoms with Gasteiger partial charge < -0.3 is 16.0 Å². The van der Waals surface area contributed by atoms with Gasteiger partial charge in [-0.15, -0.1) is 0 Å². The van der Waals surface area contributed by atoms with E-state index in [4.69, 9.17) is 0 Å². The van der Waals surface area contributed by atoms with Crippen LogP contribution in [0.15, 0.2) is 84.9 Å². The van der Waals surface area contributed by atoms with E-state index in [1.165, 1.54) is 17.7 Å². The van der Waals surface area contributed by atoms with Gasteiger partial charge in [-0.1, -0.05) is 60.7 Å². The van der Waals surface area contributed by atoms with Crippen molar-refractivity contribution in [2.24, 2.45) is 0 Å². The second-order valence-electron chi connectivity index (χ2n) is 9.05. The molecule has 6 heteroatoms. The predicted octanol–water partition coefficient (Wildman–Crippen LogP) is 4.56. The van der Waals surface area contributed by atoms with Crippen molar-refractivity contribution < 1.29 is 14.0 Å². The molecule has 4 rings (SSSR count). The Morgan fingerprint density at radius 3 is 2.29 bits per heavy atom. The average molecular weight is 474 g/mol. The molecule has 35 heavy (non-hydrogen) atoms. The highest BCUT2D eigenvalue weighted by atomic mass is 19.1. The van der Waals surface area contributed by atoms with Crippen LogP contribution in [-0.2, 0) is 11.3 Å². The van der Waals surface area contributed by atoms with E-state index in [-0.39, 0.29) is 17.6 Å². The molecule has 0 saturated heterocycles. The Labute approximate surface area is 206 Å². The summed E-state index contributed by atoms with van der Waals surface area (Å²) in [4.78, 5) is 25.6. The molecular formula is C29H32FN3O2. The van der Waals surface area contributed by atoms with Crippen LogP contribution >= 0.6 is 0 Å². The van der Waals surface area contributed by atoms with Gasteiger partial charge in [0.2, 0.25) is 5.91 Å². The SMILES string of the molecule is O=C(NC(CCCCN[C@@H]1C[C@H]1c1ccc(F)cc1)C(=O)NCc1ccccc1)c1ccccc1. The van der Waals surface area contributed by atoms with Crippen LogP contribution in [-0.4, -0.2) is 30.4 Å². The van der Waals surface area contributed by atoms with Crippen molar-refractivity contribution in [1.29, 1.82) is 0 Å². The second-order valence-corrected chi connectivity index (χ2v) is 9.05. The topological polar surface area (TPSA) is 70.2 Å². The Morgan fingerprint density at radius 1 is 0.886 bits per heavy atom. The molecule has 3 aromatic rings. The number of unbranched alkanes of at least 4 members (excludes halogenated alkanes) is 1. The van der Waals surface area contributed by atoms with Crippen molar-refractivity contribution in [1.82, 2.24) is 16.0 Å². The van der Waals surface area contributed by atoms with Gasteiger partial charge in [-0.2, -0.15) is 0 Å². The minimum atomic E-state index is -0.598. The van der Waals surface area contributed by atoms with E-state index < -0.39 is 6.04 Å². The van der Waals surface area contributed by atoms with Crippen LogP contribution in [0.1, 0.15) is 53.1 Å². The standard InChI is InChI=1S/C29H32FN3O2/c30-24-16-14-22(15-17-24)25-19-27(25)31-18-8-7-13-26(33-28(34)23-11-5-2-6-12-23)29(35)32-20-21-9-3-1-4-10-21/h1-6,9-12,14-17,25-27,31H,7-8,13,18-20H2,(H,32,35)(H,33,34)/t25-,26?,27+/m0/s1. The van der Waals surface area contributed by atoms with Gasteiger partial charge in [0, 0.05) is 24.1 Å². The van der Waals surface area contributed by atoms with Gasteiger partial charge in [-0.3, -0.25) is 9.59 Å². The van der Waals surface area contributed by atoms with Crippen molar-refractivity contribution in [2.75, 3.05) is 6.54 Å². The van der Waals surface area contributed by atoms with Crippen molar-refractivity contribution in [3.63, 3.8) is 0 Å². The van der Waals surface area contributed by atoms with E-state index >= 15 is 0 Å². The van der Waals surface area contributed by atoms with Crippen LogP contribution in [0.4, 0.5) is 4.39 Å². The fourth-order valence-electron chi connectivity index (χ4n) is 4.27. The van der Waals surface area contributed by atoms with Crippen molar-refractivity contribution in [3.05, 3.63) is 107 Å². The molecule has 3 N–H and O–H groups in total. The number of carbonyl (C=O) groups is 2. The van der Waals surface area contributed by atoms with Gasteiger partial charge in [-0.05, 0) is 67.6 Å². The molecule has 0 bridgehead atoms. The molecule has 1 aliphatic rings. The summed E-state index contributed by atoms with van der Waals surface area (Å²) >= 11 is 0. The lowest BCUT2D eigenvalue weighted by molar-refractivity contribution is -0.123. The lowest BCUT2D eigenvalue weighted by atomic mass is 10.1. The van der Waals surface area contributed by atoms with Gasteiger partial charge >= 0.3 is 0 Å². The number of rotatable bonds is 12. The first kappa shape index (κ1) is 24.6. The largest absolute Gasteiger partial charge is 0.350 e. The summed E-state index contributed by atoms with van der Waals surface area (Å²) in [7, 11) is 0. The Hall–Kier alpha value is -3.51. The Morgan fingerprint density at radius 2 is 1.57 bits per heavy atom. The minimum Gasteiger partial charge on any atom is -0.350 e. The third kappa shape index (κ3) is 7.49. The predicted molar refractivity (Wildman–Crippen MR) is 135 cm³/mol. The molecule has 3 atom stereocenters. The third-order valence-electron chi connectivity index (χ3n) is 6.38. The molecule has 1 unspecified atom stereocenters. The van der Waals surface area contributed by atoms with Crippen LogP contribution in [0.25, 0.3) is 0 Å². The number of amides is 2. The van der Waals surface area contributed by atoms with E-state index in [2.05, 4.69) is 16.0 Å². The summed E-state index contributed by atoms with van der Waals surface area (Å²) in [6.45, 7) is 1.26. The maximum Gasteiger partial charge on any atom is 0.251 e. The summed E-state index contributed by atoms with van der Waals surface area (Å²) in [5, 5.41) is 9.42. The van der Waals surface area contributed by atoms with Crippen LogP contribution in [0, 0.1) is 5.82 Å². The molecule has 182 valence electrons. The first-order valence-electron chi connectivity index (χ1n) is 12.3. The minimum absolute atomic E-state index is 0.176. The van der Waals surface area contributed by atoms with Gasteiger partial charge in [0.25, 0.3) is 5.91 Å². The van der Waals surface area contributed by atoms with E-state index in [0.717, 1.165) is 31.4 Å². The van der Waals surface area contributed by atoms with Crippen LogP contribution in [0.2, 0.25) is 0 Å². The first-order valence-corrected chi connectivity index (χ1v) is 12.3. The van der Waals surface area contributed by atoms with E-state index in [9.17, 15) is 14.0 Å². The van der Waals surface area contributed by atoms with Gasteiger partial charge in [0.05, 0.1) is 0 Å². The summed E-state index contributed by atoms with van der Waals surface area (Å²) in [5.74, 6) is -0.189. The van der Waals surface area contributed by atoms with Crippen LogP contribution in [0.3, 0.4) is 0 Å². The second kappa shape index (κ2) is 12.3. The third-order valence-corrected chi connectivity index (χ3v) is 6.38. The summed E-state index contributed by atoms with van der Waals surface area (Å²) in [6, 6.07) is 25.2. The quantitative estimate of drug-likeness (QED) is 0.338. The number of carbonyl (C=O) groups excluding carboxylic acids is 2. The lowest BCUT2D eigenvalue weighted by Gasteiger charge is -2.19. The smallest absolute Gasteiger partial charge is 0.251 e. The molecule has 1 saturated carbocycles. The number of hydrogen-bond acceptors (Lipinski definition) is 3. The zero-order chi connectivity index (χ0) is 24.5. The Bertz CT molecular complexity index is 1090. The van der Waals surface area contributed by atoms with Gasteiger partial charge in [-0.25, -0.2) is 4.39 Å². The monoisotopic (exact) mass is 473 g/mol. The summed E-state index contributed by atoms with van der Waals surface area (Å²) in [6.07, 6.45) is 3.33. The van der Waals surface area contributed by atoms with Crippen LogP contribution < -0.4 is 16.0 Å². The van der Waals surface area contributed by atoms with Crippen LogP contribution in [0.5, 0.6) is 0 Å². The van der Waals surface area contributed by atoms with Crippen molar-refractivity contribution >= 4 is 11.8 Å². The Balaban J connectivity index is 1.24. The van der Waals surface area contributed by atoms with E-state index in [1.54, 1.807) is 12.1 Å². The van der Waals surface area contributed by atoms with Gasteiger partial charge in [0.15, 0.2) is 0 Å². The number of nitrogens with one attached hydrogen (secondary N) is 3. The molecule has 5 nitrogen and oxygen atoms in total. The highest BCUT2D eigenvalue weighted by molar-refractivity contribution is 5.97. The normalized spacial score (nSPS) is 17.4.